The Bertz CT molecular complexity index is 635. The lowest BCUT2D eigenvalue weighted by Crippen LogP contribution is -1.97. The molecule has 0 radical (unpaired) electrons. The maximum atomic E-state index is 12.7. The monoisotopic (exact) mass is 274 g/mol. The van der Waals surface area contributed by atoms with Gasteiger partial charge < -0.3 is 9.47 Å². The van der Waals surface area contributed by atoms with E-state index in [1.54, 1.807) is 24.3 Å². The summed E-state index contributed by atoms with van der Waals surface area (Å²) < 4.78 is 35.6. The van der Waals surface area contributed by atoms with Crippen molar-refractivity contribution >= 4 is 21.5 Å². The molecule has 0 atom stereocenters. The van der Waals surface area contributed by atoms with Crippen molar-refractivity contribution in [3.63, 3.8) is 0 Å². The highest BCUT2D eigenvalue weighted by molar-refractivity contribution is 6.11. The maximum absolute atomic E-state index is 12.7. The van der Waals surface area contributed by atoms with Crippen LogP contribution in [0, 0.1) is 0 Å². The first-order valence-electron chi connectivity index (χ1n) is 6.17. The highest BCUT2D eigenvalue weighted by atomic mass is 19.1. The topological polar surface area (TPSA) is 18.5 Å². The molecule has 3 rings (SSSR count). The van der Waals surface area contributed by atoms with Gasteiger partial charge in [-0.1, -0.05) is 48.5 Å². The molecule has 4 heteroatoms. The molecule has 102 valence electrons. The summed E-state index contributed by atoms with van der Waals surface area (Å²) in [7, 11) is 0. The van der Waals surface area contributed by atoms with Crippen LogP contribution in [0.3, 0.4) is 0 Å². The zero-order valence-corrected chi connectivity index (χ0v) is 10.6. The van der Waals surface area contributed by atoms with Gasteiger partial charge in [-0.25, -0.2) is 8.78 Å². The smallest absolute Gasteiger partial charge is 0.228 e. The average Bonchev–Trinajstić information content (AvgIpc) is 2.50. The number of fused-ring (bicyclic) bond motifs is 2. The predicted molar refractivity (Wildman–Crippen MR) is 74.7 cm³/mol. The lowest BCUT2D eigenvalue weighted by Gasteiger charge is -2.15. The van der Waals surface area contributed by atoms with Gasteiger partial charge in [0, 0.05) is 21.5 Å². The molecule has 2 nitrogen and oxygen atoms in total. The van der Waals surface area contributed by atoms with E-state index in [0.717, 1.165) is 0 Å². The Morgan fingerprint density at radius 2 is 0.900 bits per heavy atom. The zero-order chi connectivity index (χ0) is 13.9. The summed E-state index contributed by atoms with van der Waals surface area (Å²) in [4.78, 5) is 0. The first-order valence-corrected chi connectivity index (χ1v) is 6.17. The lowest BCUT2D eigenvalue weighted by atomic mass is 10.0. The molecule has 0 saturated heterocycles. The second-order valence-corrected chi connectivity index (χ2v) is 4.26. The minimum absolute atomic E-state index is 0.449. The maximum Gasteiger partial charge on any atom is 0.228 e. The van der Waals surface area contributed by atoms with E-state index in [-0.39, 0.29) is 0 Å². The van der Waals surface area contributed by atoms with Crippen LogP contribution in [0.1, 0.15) is 0 Å². The second kappa shape index (κ2) is 5.33. The number of hydrogen-bond donors (Lipinski definition) is 0. The van der Waals surface area contributed by atoms with Crippen LogP contribution in [-0.4, -0.2) is 13.7 Å². The molecule has 3 aromatic rings. The third-order valence-corrected chi connectivity index (χ3v) is 3.23. The van der Waals surface area contributed by atoms with Crippen molar-refractivity contribution in [3.8, 4) is 11.5 Å². The lowest BCUT2D eigenvalue weighted by molar-refractivity contribution is 0.192. The molecule has 0 spiro atoms. The fourth-order valence-corrected chi connectivity index (χ4v) is 2.47. The fraction of sp³-hybridized carbons (Fsp3) is 0.125. The molecule has 0 heterocycles. The van der Waals surface area contributed by atoms with Crippen molar-refractivity contribution in [3.05, 3.63) is 48.5 Å². The molecule has 0 unspecified atom stereocenters. The molecule has 0 aliphatic heterocycles. The van der Waals surface area contributed by atoms with Crippen LogP contribution in [0.5, 0.6) is 11.5 Å². The second-order valence-electron chi connectivity index (χ2n) is 4.26. The van der Waals surface area contributed by atoms with E-state index in [9.17, 15) is 8.78 Å². The predicted octanol–water partition coefficient (Wildman–Crippen LogP) is 4.60. The number of rotatable bonds is 4. The van der Waals surface area contributed by atoms with Gasteiger partial charge in [-0.3, -0.25) is 0 Å². The summed E-state index contributed by atoms with van der Waals surface area (Å²) in [5.41, 5.74) is 0. The molecule has 0 aromatic heterocycles. The van der Waals surface area contributed by atoms with Gasteiger partial charge in [0.1, 0.15) is 11.5 Å². The van der Waals surface area contributed by atoms with Gasteiger partial charge in [-0.15, -0.1) is 0 Å². The standard InChI is InChI=1S/C16H12F2O2/c17-9-19-15-11-5-1-2-6-12(11)16(20-10-18)14-8-4-3-7-13(14)15/h1-8H,9-10H2. The first kappa shape index (κ1) is 12.7. The molecule has 20 heavy (non-hydrogen) atoms. The summed E-state index contributed by atoms with van der Waals surface area (Å²) in [6.45, 7) is -1.84. The molecule has 0 bridgehead atoms. The van der Waals surface area contributed by atoms with E-state index in [2.05, 4.69) is 0 Å². The number of benzene rings is 3. The van der Waals surface area contributed by atoms with Crippen molar-refractivity contribution in [2.24, 2.45) is 0 Å². The van der Waals surface area contributed by atoms with Crippen molar-refractivity contribution in [2.45, 2.75) is 0 Å². The Kier molecular flexibility index (Phi) is 3.37. The summed E-state index contributed by atoms with van der Waals surface area (Å²) >= 11 is 0. The Balaban J connectivity index is 2.47. The minimum atomic E-state index is -0.919. The van der Waals surface area contributed by atoms with E-state index in [1.165, 1.54) is 0 Å². The van der Waals surface area contributed by atoms with E-state index in [4.69, 9.17) is 9.47 Å². The van der Waals surface area contributed by atoms with Gasteiger partial charge in [0.15, 0.2) is 0 Å². The molecule has 0 N–H and O–H groups in total. The van der Waals surface area contributed by atoms with Crippen LogP contribution in [0.15, 0.2) is 48.5 Å². The van der Waals surface area contributed by atoms with Crippen molar-refractivity contribution in [1.29, 1.82) is 0 Å². The van der Waals surface area contributed by atoms with Crippen LogP contribution < -0.4 is 9.47 Å². The third-order valence-electron chi connectivity index (χ3n) is 3.23. The summed E-state index contributed by atoms with van der Waals surface area (Å²) in [6.07, 6.45) is 0. The Hall–Kier alpha value is -2.36. The van der Waals surface area contributed by atoms with Crippen molar-refractivity contribution < 1.29 is 18.3 Å². The van der Waals surface area contributed by atoms with Crippen LogP contribution in [0.25, 0.3) is 21.5 Å². The molecular weight excluding hydrogens is 262 g/mol. The van der Waals surface area contributed by atoms with Gasteiger partial charge in [-0.05, 0) is 0 Å². The van der Waals surface area contributed by atoms with Crippen molar-refractivity contribution in [1.82, 2.24) is 0 Å². The Morgan fingerprint density at radius 1 is 0.600 bits per heavy atom. The minimum Gasteiger partial charge on any atom is -0.462 e. The largest absolute Gasteiger partial charge is 0.462 e. The molecule has 3 aromatic carbocycles. The molecule has 0 fully saturated rings. The molecule has 0 amide bonds. The molecule has 0 aliphatic rings. The number of halogens is 2. The van der Waals surface area contributed by atoms with Crippen LogP contribution in [0.2, 0.25) is 0 Å². The van der Waals surface area contributed by atoms with Gasteiger partial charge in [0.05, 0.1) is 0 Å². The van der Waals surface area contributed by atoms with Crippen LogP contribution in [0.4, 0.5) is 8.78 Å². The number of ether oxygens (including phenoxy) is 2. The fourth-order valence-electron chi connectivity index (χ4n) is 2.47. The van der Waals surface area contributed by atoms with E-state index < -0.39 is 13.7 Å². The van der Waals surface area contributed by atoms with E-state index >= 15 is 0 Å². The van der Waals surface area contributed by atoms with Crippen molar-refractivity contribution in [2.75, 3.05) is 13.7 Å². The Morgan fingerprint density at radius 3 is 1.15 bits per heavy atom. The number of hydrogen-bond acceptors (Lipinski definition) is 2. The highest BCUT2D eigenvalue weighted by Crippen LogP contribution is 2.42. The third kappa shape index (κ3) is 1.93. The highest BCUT2D eigenvalue weighted by Gasteiger charge is 2.15. The van der Waals surface area contributed by atoms with E-state index in [1.807, 2.05) is 24.3 Å². The SMILES string of the molecule is FCOc1c2ccccc2c(OCF)c2ccccc12. The molecule has 0 aliphatic carbocycles. The first-order chi connectivity index (χ1) is 9.86. The normalized spacial score (nSPS) is 10.9. The van der Waals surface area contributed by atoms with Gasteiger partial charge in [-0.2, -0.15) is 0 Å². The Labute approximate surface area is 114 Å². The van der Waals surface area contributed by atoms with Gasteiger partial charge >= 0.3 is 0 Å². The molecule has 0 saturated carbocycles. The summed E-state index contributed by atoms with van der Waals surface area (Å²) in [6, 6.07) is 14.5. The zero-order valence-electron chi connectivity index (χ0n) is 10.6. The summed E-state index contributed by atoms with van der Waals surface area (Å²) in [5.74, 6) is 0.898. The summed E-state index contributed by atoms with van der Waals surface area (Å²) in [5, 5.41) is 2.80. The van der Waals surface area contributed by atoms with Crippen LogP contribution >= 0.6 is 0 Å². The van der Waals surface area contributed by atoms with Gasteiger partial charge in [0.2, 0.25) is 13.7 Å². The number of alkyl halides is 2. The quantitative estimate of drug-likeness (QED) is 0.647. The van der Waals surface area contributed by atoms with Crippen LogP contribution in [-0.2, 0) is 0 Å². The van der Waals surface area contributed by atoms with E-state index in [0.29, 0.717) is 33.0 Å². The average molecular weight is 274 g/mol. The van der Waals surface area contributed by atoms with Gasteiger partial charge in [0.25, 0.3) is 0 Å². The molecular formula is C16H12F2O2.